The quantitative estimate of drug-likeness (QED) is 0.787. The zero-order valence-electron chi connectivity index (χ0n) is 14.1. The fourth-order valence-electron chi connectivity index (χ4n) is 2.54. The Morgan fingerprint density at radius 1 is 1.24 bits per heavy atom. The molecule has 2 heterocycles. The molecule has 7 heteroatoms. The van der Waals surface area contributed by atoms with Crippen LogP contribution < -0.4 is 5.56 Å². The molecule has 0 amide bonds. The molecule has 3 aromatic rings. The van der Waals surface area contributed by atoms with Crippen molar-refractivity contribution in [3.05, 3.63) is 64.2 Å². The van der Waals surface area contributed by atoms with E-state index in [9.17, 15) is 4.79 Å². The highest BCUT2D eigenvalue weighted by Gasteiger charge is 2.15. The third-order valence-electron chi connectivity index (χ3n) is 3.94. The molecular formula is C18H17N5OS. The normalized spacial score (nSPS) is 12.1. The minimum atomic E-state index is -0.204. The third-order valence-corrected chi connectivity index (χ3v) is 5.41. The summed E-state index contributed by atoms with van der Waals surface area (Å²) in [7, 11) is 1.57. The van der Waals surface area contributed by atoms with Gasteiger partial charge in [-0.3, -0.25) is 14.3 Å². The average Bonchev–Trinajstić information content (AvgIpc) is 2.95. The van der Waals surface area contributed by atoms with Crippen molar-refractivity contribution in [3.8, 4) is 23.0 Å². The number of H-pyrrole nitrogens is 1. The number of rotatable bonds is 3. The van der Waals surface area contributed by atoms with Gasteiger partial charge in [0.15, 0.2) is 5.82 Å². The van der Waals surface area contributed by atoms with Crippen LogP contribution in [0.3, 0.4) is 0 Å². The number of pyridine rings is 1. The number of benzene rings is 1. The minimum Gasteiger partial charge on any atom is -0.293 e. The van der Waals surface area contributed by atoms with Crippen LogP contribution in [0.15, 0.2) is 56.6 Å². The van der Waals surface area contributed by atoms with Gasteiger partial charge in [0.05, 0.1) is 17.2 Å². The Bertz CT molecular complexity index is 1040. The van der Waals surface area contributed by atoms with Crippen molar-refractivity contribution in [3.63, 3.8) is 0 Å². The van der Waals surface area contributed by atoms with Crippen LogP contribution in [0.1, 0.15) is 11.3 Å². The summed E-state index contributed by atoms with van der Waals surface area (Å²) in [5.41, 5.74) is 2.49. The predicted octanol–water partition coefficient (Wildman–Crippen LogP) is 2.83. The molecule has 0 fully saturated rings. The maximum Gasteiger partial charge on any atom is 0.280 e. The molecule has 0 spiro atoms. The lowest BCUT2D eigenvalue weighted by molar-refractivity contribution is 0.804. The van der Waals surface area contributed by atoms with Crippen LogP contribution in [0.4, 0.5) is 0 Å². The van der Waals surface area contributed by atoms with Crippen molar-refractivity contribution >= 4 is 10.7 Å². The minimum absolute atomic E-state index is 0.168. The number of nitriles is 1. The van der Waals surface area contributed by atoms with Crippen molar-refractivity contribution in [2.45, 2.75) is 11.8 Å². The van der Waals surface area contributed by atoms with Crippen LogP contribution in [0.25, 0.3) is 16.9 Å². The van der Waals surface area contributed by atoms with E-state index in [2.05, 4.69) is 20.5 Å². The first-order chi connectivity index (χ1) is 12.0. The van der Waals surface area contributed by atoms with Gasteiger partial charge in [0.25, 0.3) is 5.56 Å². The van der Waals surface area contributed by atoms with Gasteiger partial charge < -0.3 is 0 Å². The molecule has 0 bridgehead atoms. The zero-order valence-corrected chi connectivity index (χ0v) is 15.0. The molecule has 2 aromatic heterocycles. The highest BCUT2D eigenvalue weighted by Crippen LogP contribution is 2.20. The standard InChI is InChI=1S/C18H17N5OS/c1-12-17(14-6-4-13(10-19)5-7-14)18(24)23(22-12)16-9-8-15(11-21-16)25(3)20-2/h4-9,11,22H,1-3H3. The molecule has 1 unspecified atom stereocenters. The molecule has 126 valence electrons. The van der Waals surface area contributed by atoms with Gasteiger partial charge in [-0.15, -0.1) is 0 Å². The van der Waals surface area contributed by atoms with E-state index in [1.807, 2.05) is 25.3 Å². The average molecular weight is 351 g/mol. The molecule has 0 aliphatic rings. The Kier molecular flexibility index (Phi) is 4.63. The maximum atomic E-state index is 12.8. The van der Waals surface area contributed by atoms with Crippen molar-refractivity contribution in [1.82, 2.24) is 14.8 Å². The van der Waals surface area contributed by atoms with Crippen molar-refractivity contribution in [2.24, 2.45) is 4.36 Å². The number of aromatic nitrogens is 3. The van der Waals surface area contributed by atoms with E-state index in [0.29, 0.717) is 16.9 Å². The SMILES string of the molecule is CN=S(C)c1ccc(-n2[nH]c(C)c(-c3ccc(C#N)cc3)c2=O)nc1. The highest BCUT2D eigenvalue weighted by atomic mass is 32.2. The molecule has 25 heavy (non-hydrogen) atoms. The summed E-state index contributed by atoms with van der Waals surface area (Å²) in [6.07, 6.45) is 3.76. The van der Waals surface area contributed by atoms with Gasteiger partial charge in [0.1, 0.15) is 0 Å². The second-order valence-electron chi connectivity index (χ2n) is 5.45. The molecule has 0 saturated carbocycles. The molecule has 0 saturated heterocycles. The summed E-state index contributed by atoms with van der Waals surface area (Å²) in [6, 6.07) is 12.8. The lowest BCUT2D eigenvalue weighted by Gasteiger charge is -2.03. The van der Waals surface area contributed by atoms with Crippen LogP contribution in [-0.4, -0.2) is 28.1 Å². The fraction of sp³-hybridized carbons (Fsp3) is 0.167. The van der Waals surface area contributed by atoms with E-state index in [0.717, 1.165) is 16.2 Å². The number of hydrogen-bond donors (Lipinski definition) is 1. The number of aromatic amines is 1. The molecule has 0 radical (unpaired) electrons. The van der Waals surface area contributed by atoms with E-state index in [1.54, 1.807) is 37.5 Å². The predicted molar refractivity (Wildman–Crippen MR) is 99.0 cm³/mol. The maximum absolute atomic E-state index is 12.8. The van der Waals surface area contributed by atoms with E-state index >= 15 is 0 Å². The number of nitrogens with zero attached hydrogens (tertiary/aromatic N) is 4. The molecule has 1 aromatic carbocycles. The Hall–Kier alpha value is -2.98. The van der Waals surface area contributed by atoms with Crippen molar-refractivity contribution in [1.29, 1.82) is 5.26 Å². The van der Waals surface area contributed by atoms with Gasteiger partial charge in [-0.25, -0.2) is 9.67 Å². The van der Waals surface area contributed by atoms with E-state index in [-0.39, 0.29) is 16.3 Å². The van der Waals surface area contributed by atoms with Crippen LogP contribution in [0, 0.1) is 18.3 Å². The lowest BCUT2D eigenvalue weighted by atomic mass is 10.1. The van der Waals surface area contributed by atoms with E-state index in [4.69, 9.17) is 5.26 Å². The van der Waals surface area contributed by atoms with Gasteiger partial charge in [0, 0.05) is 23.8 Å². The molecule has 1 atom stereocenters. The smallest absolute Gasteiger partial charge is 0.280 e. The second kappa shape index (κ2) is 6.87. The Balaban J connectivity index is 2.05. The Labute approximate surface area is 147 Å². The Morgan fingerprint density at radius 3 is 2.52 bits per heavy atom. The Morgan fingerprint density at radius 2 is 1.96 bits per heavy atom. The summed E-state index contributed by atoms with van der Waals surface area (Å²) in [5, 5.41) is 12.0. The van der Waals surface area contributed by atoms with Gasteiger partial charge >= 0.3 is 0 Å². The van der Waals surface area contributed by atoms with Gasteiger partial charge in [-0.05, 0) is 43.0 Å². The molecule has 0 aliphatic carbocycles. The van der Waals surface area contributed by atoms with Gasteiger partial charge in [-0.1, -0.05) is 22.8 Å². The lowest BCUT2D eigenvalue weighted by Crippen LogP contribution is -2.17. The molecule has 3 rings (SSSR count). The van der Waals surface area contributed by atoms with Crippen LogP contribution in [-0.2, 0) is 10.7 Å². The summed E-state index contributed by atoms with van der Waals surface area (Å²) in [5.74, 6) is 0.532. The number of aryl methyl sites for hydroxylation is 1. The van der Waals surface area contributed by atoms with Crippen LogP contribution in [0.5, 0.6) is 0 Å². The zero-order chi connectivity index (χ0) is 18.0. The number of hydrogen-bond acceptors (Lipinski definition) is 4. The topological polar surface area (TPSA) is 86.8 Å². The van der Waals surface area contributed by atoms with Gasteiger partial charge in [-0.2, -0.15) is 5.26 Å². The van der Waals surface area contributed by atoms with Crippen molar-refractivity contribution in [2.75, 3.05) is 13.3 Å². The molecule has 1 N–H and O–H groups in total. The first-order valence-electron chi connectivity index (χ1n) is 7.59. The highest BCUT2D eigenvalue weighted by molar-refractivity contribution is 7.86. The summed E-state index contributed by atoms with van der Waals surface area (Å²) in [6.45, 7) is 1.85. The first kappa shape index (κ1) is 16.9. The summed E-state index contributed by atoms with van der Waals surface area (Å²) in [4.78, 5) is 18.2. The second-order valence-corrected chi connectivity index (χ2v) is 7.25. The van der Waals surface area contributed by atoms with E-state index < -0.39 is 0 Å². The van der Waals surface area contributed by atoms with Crippen LogP contribution in [0.2, 0.25) is 0 Å². The summed E-state index contributed by atoms with van der Waals surface area (Å²) >= 11 is 0. The third kappa shape index (κ3) is 3.16. The van der Waals surface area contributed by atoms with Crippen molar-refractivity contribution < 1.29 is 0 Å². The molecule has 0 aliphatic heterocycles. The molecular weight excluding hydrogens is 334 g/mol. The van der Waals surface area contributed by atoms with Crippen LogP contribution >= 0.6 is 0 Å². The van der Waals surface area contributed by atoms with Gasteiger partial charge in [0.2, 0.25) is 0 Å². The summed E-state index contributed by atoms with van der Waals surface area (Å²) < 4.78 is 5.67. The molecule has 6 nitrogen and oxygen atoms in total. The number of nitrogens with one attached hydrogen (secondary N) is 1. The monoisotopic (exact) mass is 351 g/mol. The largest absolute Gasteiger partial charge is 0.293 e. The first-order valence-corrected chi connectivity index (χ1v) is 9.18. The fourth-order valence-corrected chi connectivity index (χ4v) is 3.23. The van der Waals surface area contributed by atoms with E-state index in [1.165, 1.54) is 4.68 Å².